The maximum atomic E-state index is 12.0. The first-order valence-corrected chi connectivity index (χ1v) is 8.29. The number of carbonyl (C=O) groups is 2. The normalized spacial score (nSPS) is 16.3. The highest BCUT2D eigenvalue weighted by atomic mass is 32.2. The number of carboxylic acid groups (broad SMARTS) is 1. The van der Waals surface area contributed by atoms with E-state index in [1.165, 1.54) is 0 Å². The van der Waals surface area contributed by atoms with Crippen LogP contribution >= 0.6 is 23.1 Å². The largest absolute Gasteiger partial charge is 0.480 e. The third-order valence-electron chi connectivity index (χ3n) is 3.07. The van der Waals surface area contributed by atoms with Gasteiger partial charge in [-0.3, -0.25) is 4.79 Å². The molecule has 0 spiro atoms. The van der Waals surface area contributed by atoms with Crippen molar-refractivity contribution in [2.45, 2.75) is 23.2 Å². The van der Waals surface area contributed by atoms with E-state index in [1.807, 2.05) is 22.4 Å². The molecule has 1 aliphatic rings. The maximum absolute atomic E-state index is 12.0. The molecule has 1 aromatic heterocycles. The van der Waals surface area contributed by atoms with Gasteiger partial charge in [-0.1, -0.05) is 6.07 Å². The van der Waals surface area contributed by atoms with Gasteiger partial charge in [-0.25, -0.2) is 4.79 Å². The van der Waals surface area contributed by atoms with Crippen LogP contribution in [0.25, 0.3) is 0 Å². The molecule has 20 heavy (non-hydrogen) atoms. The van der Waals surface area contributed by atoms with Gasteiger partial charge in [0.1, 0.15) is 6.61 Å². The molecule has 0 unspecified atom stereocenters. The number of amides is 1. The lowest BCUT2D eigenvalue weighted by molar-refractivity contribution is -0.146. The van der Waals surface area contributed by atoms with Crippen LogP contribution in [0, 0.1) is 0 Å². The van der Waals surface area contributed by atoms with Gasteiger partial charge in [-0.05, 0) is 24.3 Å². The number of aliphatic carboxylic acids is 1. The Morgan fingerprint density at radius 2 is 2.20 bits per heavy atom. The summed E-state index contributed by atoms with van der Waals surface area (Å²) >= 11 is 3.20. The summed E-state index contributed by atoms with van der Waals surface area (Å²) in [5, 5.41) is 10.6. The first-order valence-electron chi connectivity index (χ1n) is 6.42. The highest BCUT2D eigenvalue weighted by molar-refractivity contribution is 8.01. The monoisotopic (exact) mass is 315 g/mol. The number of carbonyl (C=O) groups excluding carboxylic acids is 1. The number of hydrogen-bond donors (Lipinski definition) is 1. The van der Waals surface area contributed by atoms with Crippen molar-refractivity contribution in [1.82, 2.24) is 4.90 Å². The third-order valence-corrected chi connectivity index (χ3v) is 5.19. The minimum Gasteiger partial charge on any atom is -0.480 e. The van der Waals surface area contributed by atoms with E-state index >= 15 is 0 Å². The summed E-state index contributed by atoms with van der Waals surface area (Å²) in [5.41, 5.74) is 0. The van der Waals surface area contributed by atoms with Crippen LogP contribution in [0.3, 0.4) is 0 Å². The van der Waals surface area contributed by atoms with Crippen molar-refractivity contribution in [1.29, 1.82) is 0 Å². The summed E-state index contributed by atoms with van der Waals surface area (Å²) < 4.78 is 6.40. The van der Waals surface area contributed by atoms with Crippen molar-refractivity contribution in [3.05, 3.63) is 17.5 Å². The number of thioether (sulfide) groups is 1. The molecule has 1 fully saturated rings. The summed E-state index contributed by atoms with van der Waals surface area (Å²) in [6, 6.07) is 3.98. The molecular formula is C13H17NO4S2. The van der Waals surface area contributed by atoms with Crippen LogP contribution < -0.4 is 0 Å². The summed E-state index contributed by atoms with van der Waals surface area (Å²) in [4.78, 5) is 24.3. The second-order valence-electron chi connectivity index (χ2n) is 4.51. The minimum absolute atomic E-state index is 0.0416. The van der Waals surface area contributed by atoms with Crippen LogP contribution in [-0.2, 0) is 14.3 Å². The number of piperidine rings is 1. The van der Waals surface area contributed by atoms with E-state index in [0.717, 1.165) is 4.21 Å². The number of ether oxygens (including phenoxy) is 1. The zero-order valence-corrected chi connectivity index (χ0v) is 12.6. The molecule has 110 valence electrons. The lowest BCUT2D eigenvalue weighted by atomic mass is 10.1. The van der Waals surface area contributed by atoms with Crippen molar-refractivity contribution in [3.63, 3.8) is 0 Å². The van der Waals surface area contributed by atoms with E-state index in [0.29, 0.717) is 31.7 Å². The van der Waals surface area contributed by atoms with Gasteiger partial charge in [-0.15, -0.1) is 23.1 Å². The van der Waals surface area contributed by atoms with Gasteiger partial charge in [0.15, 0.2) is 0 Å². The van der Waals surface area contributed by atoms with Crippen LogP contribution in [0.2, 0.25) is 0 Å². The molecule has 1 saturated heterocycles. The topological polar surface area (TPSA) is 66.8 Å². The molecule has 5 nitrogen and oxygen atoms in total. The molecule has 0 aliphatic carbocycles. The number of carboxylic acids is 1. The molecule has 1 N–H and O–H groups in total. The van der Waals surface area contributed by atoms with Crippen LogP contribution in [-0.4, -0.2) is 53.4 Å². The van der Waals surface area contributed by atoms with Gasteiger partial charge in [0.2, 0.25) is 5.91 Å². The second-order valence-corrected chi connectivity index (χ2v) is 6.73. The zero-order valence-electron chi connectivity index (χ0n) is 11.0. The van der Waals surface area contributed by atoms with Crippen molar-refractivity contribution in [3.8, 4) is 0 Å². The first kappa shape index (κ1) is 15.3. The molecule has 0 saturated carbocycles. The van der Waals surface area contributed by atoms with Gasteiger partial charge < -0.3 is 14.7 Å². The van der Waals surface area contributed by atoms with Crippen molar-refractivity contribution in [2.75, 3.05) is 25.4 Å². The Balaban J connectivity index is 1.67. The highest BCUT2D eigenvalue weighted by Gasteiger charge is 2.23. The highest BCUT2D eigenvalue weighted by Crippen LogP contribution is 2.24. The Kier molecular flexibility index (Phi) is 5.87. The minimum atomic E-state index is -0.948. The van der Waals surface area contributed by atoms with Gasteiger partial charge in [0, 0.05) is 13.1 Å². The predicted octanol–water partition coefficient (Wildman–Crippen LogP) is 1.93. The van der Waals surface area contributed by atoms with E-state index in [4.69, 9.17) is 9.84 Å². The predicted molar refractivity (Wildman–Crippen MR) is 78.2 cm³/mol. The van der Waals surface area contributed by atoms with Crippen molar-refractivity contribution >= 4 is 35.0 Å². The molecule has 0 atom stereocenters. The van der Waals surface area contributed by atoms with E-state index in [9.17, 15) is 9.59 Å². The fraction of sp³-hybridized carbons (Fsp3) is 0.538. The van der Waals surface area contributed by atoms with Gasteiger partial charge in [-0.2, -0.15) is 0 Å². The zero-order chi connectivity index (χ0) is 14.4. The third kappa shape index (κ3) is 4.81. The van der Waals surface area contributed by atoms with E-state index in [1.54, 1.807) is 23.1 Å². The van der Waals surface area contributed by atoms with Crippen LogP contribution in [0.15, 0.2) is 21.7 Å². The summed E-state index contributed by atoms with van der Waals surface area (Å²) in [6.07, 6.45) is 1.38. The van der Waals surface area contributed by atoms with E-state index in [-0.39, 0.29) is 18.6 Å². The Bertz CT molecular complexity index is 441. The quantitative estimate of drug-likeness (QED) is 0.813. The van der Waals surface area contributed by atoms with Gasteiger partial charge in [0.05, 0.1) is 16.1 Å². The lowest BCUT2D eigenvalue weighted by Crippen LogP contribution is -2.42. The Hall–Kier alpha value is -1.05. The van der Waals surface area contributed by atoms with Crippen LogP contribution in [0.4, 0.5) is 0 Å². The first-order chi connectivity index (χ1) is 9.65. The Labute approximate surface area is 125 Å². The second kappa shape index (κ2) is 7.66. The number of hydrogen-bond acceptors (Lipinski definition) is 5. The van der Waals surface area contributed by atoms with E-state index < -0.39 is 5.97 Å². The van der Waals surface area contributed by atoms with Gasteiger partial charge >= 0.3 is 5.97 Å². The summed E-state index contributed by atoms with van der Waals surface area (Å²) in [7, 11) is 0. The smallest absolute Gasteiger partial charge is 0.329 e. The summed E-state index contributed by atoms with van der Waals surface area (Å²) in [5.74, 6) is -0.350. The van der Waals surface area contributed by atoms with Crippen molar-refractivity contribution in [2.24, 2.45) is 0 Å². The average Bonchev–Trinajstić information content (AvgIpc) is 2.96. The number of thiophene rings is 1. The Morgan fingerprint density at radius 1 is 1.45 bits per heavy atom. The van der Waals surface area contributed by atoms with Crippen LogP contribution in [0.1, 0.15) is 12.8 Å². The molecule has 0 bridgehead atoms. The number of nitrogens with zero attached hydrogens (tertiary/aromatic N) is 1. The molecule has 0 radical (unpaired) electrons. The molecule has 7 heteroatoms. The molecular weight excluding hydrogens is 298 g/mol. The average molecular weight is 315 g/mol. The SMILES string of the molecule is O=C(O)COC1CCN(C(=O)CSc2cccs2)CC1. The van der Waals surface area contributed by atoms with Crippen LogP contribution in [0.5, 0.6) is 0 Å². The van der Waals surface area contributed by atoms with E-state index in [2.05, 4.69) is 0 Å². The number of rotatable bonds is 6. The molecule has 2 heterocycles. The van der Waals surface area contributed by atoms with Crippen molar-refractivity contribution < 1.29 is 19.4 Å². The molecule has 1 aliphatic heterocycles. The molecule has 2 rings (SSSR count). The standard InChI is InChI=1S/C13H17NO4S2/c15-11(9-20-13-2-1-7-19-13)14-5-3-10(4-6-14)18-8-12(16)17/h1-2,7,10H,3-6,8-9H2,(H,16,17). The fourth-order valence-corrected chi connectivity index (χ4v) is 3.72. The number of likely N-dealkylation sites (tertiary alicyclic amines) is 1. The fourth-order valence-electron chi connectivity index (χ4n) is 2.03. The Morgan fingerprint density at radius 3 is 2.80 bits per heavy atom. The lowest BCUT2D eigenvalue weighted by Gasteiger charge is -2.31. The molecule has 1 aromatic rings. The maximum Gasteiger partial charge on any atom is 0.329 e. The summed E-state index contributed by atoms with van der Waals surface area (Å²) in [6.45, 7) is 1.04. The molecule has 1 amide bonds. The van der Waals surface area contributed by atoms with Gasteiger partial charge in [0.25, 0.3) is 0 Å². The molecule has 0 aromatic carbocycles.